The third kappa shape index (κ3) is 21.9. The maximum Gasteiger partial charge on any atom is 0.359 e. The van der Waals surface area contributed by atoms with Crippen molar-refractivity contribution < 1.29 is 42.1 Å². The normalized spacial score (nSPS) is 12.4. The van der Waals surface area contributed by atoms with E-state index in [1.165, 1.54) is 25.7 Å². The average molecular weight is 459 g/mol. The minimum atomic E-state index is -3.95. The molecule has 0 aromatic carbocycles. The monoisotopic (exact) mass is 458 g/mol. The summed E-state index contributed by atoms with van der Waals surface area (Å²) in [6, 6.07) is 0. The number of hydrogen-bond acceptors (Lipinski definition) is 5. The number of carboxylic acid groups (broad SMARTS) is 1. The van der Waals surface area contributed by atoms with Crippen LogP contribution in [0.1, 0.15) is 51.9 Å². The lowest BCUT2D eigenvalue weighted by molar-refractivity contribution is -0.928. The smallest absolute Gasteiger partial charge is 0.359 e. The molecule has 182 valence electrons. The highest BCUT2D eigenvalue weighted by Crippen LogP contribution is 2.13. The van der Waals surface area contributed by atoms with Gasteiger partial charge >= 0.3 is 5.97 Å². The van der Waals surface area contributed by atoms with Crippen molar-refractivity contribution in [3.63, 3.8) is 0 Å². The second-order valence-electron chi connectivity index (χ2n) is 8.93. The van der Waals surface area contributed by atoms with Crippen LogP contribution in [0.2, 0.25) is 0 Å². The van der Waals surface area contributed by atoms with Crippen molar-refractivity contribution in [2.45, 2.75) is 51.9 Å². The van der Waals surface area contributed by atoms with Gasteiger partial charge in [0, 0.05) is 6.42 Å². The van der Waals surface area contributed by atoms with Crippen LogP contribution < -0.4 is 0 Å². The Morgan fingerprint density at radius 3 is 1.63 bits per heavy atom. The first kappa shape index (κ1) is 31.4. The Hall–Kier alpha value is -0.780. The summed E-state index contributed by atoms with van der Waals surface area (Å²) in [6.45, 7) is 4.81. The summed E-state index contributed by atoms with van der Waals surface area (Å²) in [5.41, 5.74) is 0. The zero-order valence-corrected chi connectivity index (χ0v) is 20.2. The molecule has 0 rings (SSSR count). The molecule has 9 nitrogen and oxygen atoms in total. The number of unbranched alkanes of at least 4 members (excludes halogenated alkanes) is 5. The minimum absolute atomic E-state index is 0.0156. The molecule has 0 saturated heterocycles. The van der Waals surface area contributed by atoms with Gasteiger partial charge in [0.25, 0.3) is 10.1 Å². The van der Waals surface area contributed by atoms with E-state index in [0.717, 1.165) is 19.4 Å². The minimum Gasteiger partial charge on any atom is -0.477 e. The van der Waals surface area contributed by atoms with Crippen LogP contribution in [0.25, 0.3) is 0 Å². The number of carboxylic acids is 1. The predicted octanol–water partition coefficient (Wildman–Crippen LogP) is 1.20. The first-order valence-corrected chi connectivity index (χ1v) is 12.5. The standard InChI is InChI=1S/C15H33NO5S.C5H11NO2/c1-2-3-4-5-6-7-9-16(11-13-17,12-14-18)10-8-15-22(19,20)21;1-6(2,3)4-5(7)8/h17-18H,2-15H2,1H3;4H2,1-3H3/p+2. The van der Waals surface area contributed by atoms with E-state index in [1.54, 1.807) is 0 Å². The van der Waals surface area contributed by atoms with Crippen molar-refractivity contribution in [1.82, 2.24) is 0 Å². The van der Waals surface area contributed by atoms with E-state index >= 15 is 0 Å². The number of aliphatic carboxylic acids is 1. The van der Waals surface area contributed by atoms with Crippen LogP contribution >= 0.6 is 0 Å². The molecule has 0 aromatic rings. The van der Waals surface area contributed by atoms with Crippen molar-refractivity contribution in [1.29, 1.82) is 0 Å². The van der Waals surface area contributed by atoms with Crippen molar-refractivity contribution in [3.05, 3.63) is 0 Å². The number of aliphatic hydroxyl groups is 2. The summed E-state index contributed by atoms with van der Waals surface area (Å²) in [5, 5.41) is 26.8. The lowest BCUT2D eigenvalue weighted by Gasteiger charge is -2.38. The molecule has 0 unspecified atom stereocenters. The fourth-order valence-electron chi connectivity index (χ4n) is 3.31. The number of nitrogens with zero attached hydrogens (tertiary/aromatic N) is 2. The lowest BCUT2D eigenvalue weighted by atomic mass is 10.1. The molecule has 0 amide bonds. The zero-order valence-electron chi connectivity index (χ0n) is 19.4. The molecule has 0 aliphatic carbocycles. The zero-order chi connectivity index (χ0) is 23.7. The van der Waals surface area contributed by atoms with Crippen LogP contribution in [-0.2, 0) is 14.9 Å². The molecule has 0 aliphatic rings. The topological polar surface area (TPSA) is 132 Å². The second-order valence-corrected chi connectivity index (χ2v) is 10.5. The van der Waals surface area contributed by atoms with E-state index in [-0.39, 0.29) is 25.5 Å². The van der Waals surface area contributed by atoms with E-state index in [4.69, 9.17) is 9.66 Å². The molecule has 10 heteroatoms. The van der Waals surface area contributed by atoms with Crippen LogP contribution in [-0.4, -0.2) is 116 Å². The Labute approximate surface area is 183 Å². The number of likely N-dealkylation sites (N-methyl/N-ethyl adjacent to an activating group) is 1. The molecule has 0 spiro atoms. The molecule has 30 heavy (non-hydrogen) atoms. The first-order chi connectivity index (χ1) is 13.8. The average Bonchev–Trinajstić information content (AvgIpc) is 2.55. The predicted molar refractivity (Wildman–Crippen MR) is 119 cm³/mol. The van der Waals surface area contributed by atoms with Crippen LogP contribution in [0.3, 0.4) is 0 Å². The van der Waals surface area contributed by atoms with Crippen molar-refractivity contribution in [2.24, 2.45) is 0 Å². The molecule has 0 radical (unpaired) electrons. The van der Waals surface area contributed by atoms with Gasteiger partial charge < -0.3 is 24.3 Å². The molecule has 0 aromatic heterocycles. The van der Waals surface area contributed by atoms with Gasteiger partial charge in [-0.05, 0) is 12.8 Å². The summed E-state index contributed by atoms with van der Waals surface area (Å²) >= 11 is 0. The first-order valence-electron chi connectivity index (χ1n) is 10.8. The van der Waals surface area contributed by atoms with Gasteiger partial charge in [0.15, 0.2) is 6.54 Å². The summed E-state index contributed by atoms with van der Waals surface area (Å²) in [6.07, 6.45) is 7.36. The highest BCUT2D eigenvalue weighted by Gasteiger charge is 2.26. The molecule has 0 bridgehead atoms. The van der Waals surface area contributed by atoms with Gasteiger partial charge in [0.1, 0.15) is 13.1 Å². The quantitative estimate of drug-likeness (QED) is 0.146. The third-order valence-corrected chi connectivity index (χ3v) is 5.58. The molecule has 4 N–H and O–H groups in total. The third-order valence-electron chi connectivity index (χ3n) is 4.78. The molecule has 0 heterocycles. The summed E-state index contributed by atoms with van der Waals surface area (Å²) in [7, 11) is 1.58. The second kappa shape index (κ2) is 16.9. The fourth-order valence-corrected chi connectivity index (χ4v) is 3.80. The fraction of sp³-hybridized carbons (Fsp3) is 0.950. The Morgan fingerprint density at radius 1 is 0.800 bits per heavy atom. The largest absolute Gasteiger partial charge is 0.477 e. The molecular weight excluding hydrogens is 412 g/mol. The van der Waals surface area contributed by atoms with Crippen LogP contribution in [0, 0.1) is 0 Å². The van der Waals surface area contributed by atoms with Crippen LogP contribution in [0.15, 0.2) is 0 Å². The summed E-state index contributed by atoms with van der Waals surface area (Å²) < 4.78 is 31.5. The molecule has 0 aliphatic heterocycles. The van der Waals surface area contributed by atoms with E-state index in [0.29, 0.717) is 35.0 Å². The Balaban J connectivity index is 0. The van der Waals surface area contributed by atoms with Crippen LogP contribution in [0.5, 0.6) is 0 Å². The molecule has 0 atom stereocenters. The van der Waals surface area contributed by atoms with Crippen molar-refractivity contribution in [3.8, 4) is 0 Å². The highest BCUT2D eigenvalue weighted by molar-refractivity contribution is 7.85. The SMILES string of the molecule is CCCCCCCC[N+](CCO)(CCO)CCCS(=O)(=O)O.C[N+](C)(C)CC(=O)O. The van der Waals surface area contributed by atoms with Crippen molar-refractivity contribution in [2.75, 3.05) is 72.8 Å². The Morgan fingerprint density at radius 2 is 1.27 bits per heavy atom. The number of rotatable bonds is 17. The van der Waals surface area contributed by atoms with Gasteiger partial charge in [0.2, 0.25) is 0 Å². The van der Waals surface area contributed by atoms with E-state index < -0.39 is 16.1 Å². The number of hydrogen-bond donors (Lipinski definition) is 4. The maximum absolute atomic E-state index is 10.8. The number of aliphatic hydroxyl groups excluding tert-OH is 2. The van der Waals surface area contributed by atoms with Gasteiger partial charge in [-0.1, -0.05) is 32.6 Å². The van der Waals surface area contributed by atoms with Crippen molar-refractivity contribution >= 4 is 16.1 Å². The Bertz CT molecular complexity index is 528. The van der Waals surface area contributed by atoms with Gasteiger partial charge in [-0.15, -0.1) is 0 Å². The van der Waals surface area contributed by atoms with Gasteiger partial charge in [0.05, 0.1) is 53.2 Å². The van der Waals surface area contributed by atoms with E-state index in [2.05, 4.69) is 6.92 Å². The maximum atomic E-state index is 10.8. The van der Waals surface area contributed by atoms with Gasteiger partial charge in [-0.2, -0.15) is 8.42 Å². The molecule has 0 fully saturated rings. The van der Waals surface area contributed by atoms with Gasteiger partial charge in [-0.3, -0.25) is 4.55 Å². The van der Waals surface area contributed by atoms with Gasteiger partial charge in [-0.25, -0.2) is 4.79 Å². The highest BCUT2D eigenvalue weighted by atomic mass is 32.2. The molecule has 0 saturated carbocycles. The van der Waals surface area contributed by atoms with Crippen LogP contribution in [0.4, 0.5) is 0 Å². The van der Waals surface area contributed by atoms with E-state index in [1.807, 2.05) is 21.1 Å². The summed E-state index contributed by atoms with van der Waals surface area (Å²) in [5.74, 6) is -1.02. The Kier molecular flexibility index (Phi) is 17.6. The van der Waals surface area contributed by atoms with E-state index in [9.17, 15) is 23.4 Å². The lowest BCUT2D eigenvalue weighted by Crippen LogP contribution is -2.53. The number of carbonyl (C=O) groups is 1. The summed E-state index contributed by atoms with van der Waals surface area (Å²) in [4.78, 5) is 10.00. The molecular formula is C20H46N2O7S+2. The number of quaternary nitrogens is 2.